The van der Waals surface area contributed by atoms with E-state index >= 15 is 0 Å². The minimum absolute atomic E-state index is 0.0140. The Hall–Kier alpha value is -3.02. The topological polar surface area (TPSA) is 88.8 Å². The van der Waals surface area contributed by atoms with E-state index in [4.69, 9.17) is 5.73 Å². The molecule has 1 amide bonds. The van der Waals surface area contributed by atoms with Crippen molar-refractivity contribution in [3.63, 3.8) is 0 Å². The van der Waals surface area contributed by atoms with E-state index in [0.29, 0.717) is 5.52 Å². The number of fused-ring (bicyclic) bond motifs is 1. The molecule has 3 N–H and O–H groups in total. The van der Waals surface area contributed by atoms with Gasteiger partial charge in [-0.1, -0.05) is 18.9 Å². The third-order valence-corrected chi connectivity index (χ3v) is 5.79. The molecule has 2 heterocycles. The van der Waals surface area contributed by atoms with Crippen LogP contribution in [0.15, 0.2) is 41.3 Å². The first-order chi connectivity index (χ1) is 13.5. The zero-order valence-corrected chi connectivity index (χ0v) is 15.7. The second kappa shape index (κ2) is 7.19. The lowest BCUT2D eigenvalue weighted by Gasteiger charge is -2.33. The number of aromatic nitrogens is 2. The van der Waals surface area contributed by atoms with Crippen molar-refractivity contribution in [2.45, 2.75) is 44.4 Å². The zero-order chi connectivity index (χ0) is 19.8. The molecule has 4 rings (SSSR count). The van der Waals surface area contributed by atoms with Gasteiger partial charge in [-0.15, -0.1) is 0 Å². The van der Waals surface area contributed by atoms with E-state index in [1.165, 1.54) is 12.3 Å². The van der Waals surface area contributed by atoms with Crippen LogP contribution in [0.25, 0.3) is 10.9 Å². The molecule has 1 saturated carbocycles. The third kappa shape index (κ3) is 3.19. The van der Waals surface area contributed by atoms with Crippen molar-refractivity contribution in [1.29, 1.82) is 0 Å². The summed E-state index contributed by atoms with van der Waals surface area (Å²) in [6.45, 7) is 1.93. The monoisotopic (exact) mass is 379 g/mol. The van der Waals surface area contributed by atoms with Gasteiger partial charge < -0.3 is 10.7 Å². The maximum absolute atomic E-state index is 13.6. The number of nitrogens with zero attached hydrogens (tertiary/aromatic N) is 1. The summed E-state index contributed by atoms with van der Waals surface area (Å²) in [6.07, 6.45) is 5.58. The second-order valence-corrected chi connectivity index (χ2v) is 7.53. The molecule has 5 nitrogen and oxygen atoms in total. The molecule has 2 aromatic heterocycles. The molecule has 144 valence electrons. The Labute approximate surface area is 161 Å². The van der Waals surface area contributed by atoms with Gasteiger partial charge in [-0.05, 0) is 55.0 Å². The van der Waals surface area contributed by atoms with Crippen LogP contribution < -0.4 is 11.2 Å². The average Bonchev–Trinajstić information content (AvgIpc) is 2.67. The quantitative estimate of drug-likeness (QED) is 0.723. The van der Waals surface area contributed by atoms with Crippen LogP contribution in [0.1, 0.15) is 64.8 Å². The molecule has 0 radical (unpaired) electrons. The van der Waals surface area contributed by atoms with Crippen molar-refractivity contribution in [2.24, 2.45) is 5.73 Å². The number of amides is 1. The van der Waals surface area contributed by atoms with Gasteiger partial charge in [0.2, 0.25) is 0 Å². The summed E-state index contributed by atoms with van der Waals surface area (Å²) in [7, 11) is 0. The van der Waals surface area contributed by atoms with Crippen LogP contribution in [0.2, 0.25) is 0 Å². The number of rotatable bonds is 3. The van der Waals surface area contributed by atoms with Crippen molar-refractivity contribution in [2.75, 3.05) is 0 Å². The molecule has 1 unspecified atom stereocenters. The number of pyridine rings is 2. The highest BCUT2D eigenvalue weighted by molar-refractivity contribution is 6.03. The number of aryl methyl sites for hydroxylation is 1. The average molecular weight is 379 g/mol. The molecule has 28 heavy (non-hydrogen) atoms. The standard InChI is InChI=1S/C22H22FN3O2/c1-12-10-13(23)6-7-14(12)15-4-2-3-5-16(15)18-11-19(27)20-17(26-18)8-9-25-21(20)22(24)28/h6-11,15-16H,2-5H2,1H3,(H2,24,28)(H,26,27)/t15?,16-/m0/s1. The molecule has 6 heteroatoms. The van der Waals surface area contributed by atoms with Gasteiger partial charge in [0.25, 0.3) is 5.91 Å². The molecule has 0 bridgehead atoms. The fraction of sp³-hybridized carbons (Fsp3) is 0.318. The number of aromatic amines is 1. The molecule has 0 spiro atoms. The van der Waals surface area contributed by atoms with E-state index in [2.05, 4.69) is 9.97 Å². The third-order valence-electron chi connectivity index (χ3n) is 5.79. The highest BCUT2D eigenvalue weighted by Gasteiger charge is 2.30. The van der Waals surface area contributed by atoms with Crippen LogP contribution in [0.4, 0.5) is 4.39 Å². The Morgan fingerprint density at radius 2 is 1.93 bits per heavy atom. The molecule has 1 aliphatic rings. The highest BCUT2D eigenvalue weighted by Crippen LogP contribution is 2.44. The van der Waals surface area contributed by atoms with Gasteiger partial charge in [-0.25, -0.2) is 4.39 Å². The normalized spacial score (nSPS) is 19.6. The number of benzene rings is 1. The summed E-state index contributed by atoms with van der Waals surface area (Å²) < 4.78 is 13.6. The summed E-state index contributed by atoms with van der Waals surface area (Å²) >= 11 is 0. The van der Waals surface area contributed by atoms with Crippen LogP contribution in [0.5, 0.6) is 0 Å². The Balaban J connectivity index is 1.83. The zero-order valence-electron chi connectivity index (χ0n) is 15.7. The van der Waals surface area contributed by atoms with Gasteiger partial charge in [0.05, 0.1) is 10.9 Å². The number of H-pyrrole nitrogens is 1. The van der Waals surface area contributed by atoms with E-state index in [1.54, 1.807) is 18.2 Å². The summed E-state index contributed by atoms with van der Waals surface area (Å²) in [6, 6.07) is 8.19. The van der Waals surface area contributed by atoms with Crippen LogP contribution in [0.3, 0.4) is 0 Å². The van der Waals surface area contributed by atoms with Gasteiger partial charge in [-0.2, -0.15) is 0 Å². The number of primary amides is 1. The van der Waals surface area contributed by atoms with Crippen LogP contribution in [0, 0.1) is 12.7 Å². The maximum Gasteiger partial charge on any atom is 0.268 e. The van der Waals surface area contributed by atoms with Crippen LogP contribution >= 0.6 is 0 Å². The first kappa shape index (κ1) is 18.3. The van der Waals surface area contributed by atoms with E-state index in [0.717, 1.165) is 42.5 Å². The highest BCUT2D eigenvalue weighted by atomic mass is 19.1. The van der Waals surface area contributed by atoms with Crippen LogP contribution in [-0.2, 0) is 0 Å². The van der Waals surface area contributed by atoms with Crippen LogP contribution in [-0.4, -0.2) is 15.9 Å². The smallest absolute Gasteiger partial charge is 0.268 e. The predicted octanol–water partition coefficient (Wildman–Crippen LogP) is 3.91. The minimum atomic E-state index is -0.721. The fourth-order valence-electron chi connectivity index (χ4n) is 4.54. The molecule has 0 saturated heterocycles. The fourth-order valence-corrected chi connectivity index (χ4v) is 4.54. The number of nitrogens with one attached hydrogen (secondary N) is 1. The number of carbonyl (C=O) groups is 1. The van der Waals surface area contributed by atoms with E-state index in [1.807, 2.05) is 13.0 Å². The van der Waals surface area contributed by atoms with Gasteiger partial charge in [0.1, 0.15) is 11.5 Å². The number of nitrogens with two attached hydrogens (primary N) is 1. The van der Waals surface area contributed by atoms with Crippen molar-refractivity contribution >= 4 is 16.8 Å². The second-order valence-electron chi connectivity index (χ2n) is 7.53. The molecule has 1 aliphatic carbocycles. The minimum Gasteiger partial charge on any atom is -0.364 e. The summed E-state index contributed by atoms with van der Waals surface area (Å²) in [5.74, 6) is -0.624. The number of halogens is 1. The van der Waals surface area contributed by atoms with Crippen molar-refractivity contribution in [3.05, 3.63) is 75.1 Å². The number of carbonyl (C=O) groups excluding carboxylic acids is 1. The summed E-state index contributed by atoms with van der Waals surface area (Å²) in [5, 5.41) is 0.226. The van der Waals surface area contributed by atoms with Gasteiger partial charge in [0, 0.05) is 23.9 Å². The predicted molar refractivity (Wildman–Crippen MR) is 106 cm³/mol. The van der Waals surface area contributed by atoms with E-state index in [9.17, 15) is 14.0 Å². The first-order valence-corrected chi connectivity index (χ1v) is 9.53. The van der Waals surface area contributed by atoms with Crippen molar-refractivity contribution < 1.29 is 9.18 Å². The molecule has 1 aromatic carbocycles. The number of hydrogen-bond acceptors (Lipinski definition) is 3. The Bertz CT molecular complexity index is 1120. The first-order valence-electron chi connectivity index (χ1n) is 9.53. The Morgan fingerprint density at radius 1 is 1.18 bits per heavy atom. The Kier molecular flexibility index (Phi) is 4.71. The molecular formula is C22H22FN3O2. The van der Waals surface area contributed by atoms with Gasteiger partial charge >= 0.3 is 0 Å². The SMILES string of the molecule is Cc1cc(F)ccc1C1CCCC[C@@H]1c1cc(=O)c2c(C(N)=O)nccc2[nH]1. The molecule has 3 aromatic rings. The molecule has 1 fully saturated rings. The lowest BCUT2D eigenvalue weighted by molar-refractivity contribution is 0.0997. The molecular weight excluding hydrogens is 357 g/mol. The largest absolute Gasteiger partial charge is 0.364 e. The van der Waals surface area contributed by atoms with Crippen molar-refractivity contribution in [3.8, 4) is 0 Å². The van der Waals surface area contributed by atoms with E-state index < -0.39 is 5.91 Å². The Morgan fingerprint density at radius 3 is 2.64 bits per heavy atom. The van der Waals surface area contributed by atoms with Crippen molar-refractivity contribution in [1.82, 2.24) is 9.97 Å². The van der Waals surface area contributed by atoms with Gasteiger partial charge in [0.15, 0.2) is 5.43 Å². The van der Waals surface area contributed by atoms with E-state index in [-0.39, 0.29) is 34.2 Å². The molecule has 0 aliphatic heterocycles. The molecule has 2 atom stereocenters. The summed E-state index contributed by atoms with van der Waals surface area (Å²) in [5.41, 5.74) is 8.56. The van der Waals surface area contributed by atoms with Gasteiger partial charge in [-0.3, -0.25) is 14.6 Å². The lowest BCUT2D eigenvalue weighted by Crippen LogP contribution is -2.22. The number of hydrogen-bond donors (Lipinski definition) is 2. The summed E-state index contributed by atoms with van der Waals surface area (Å²) in [4.78, 5) is 31.7. The lowest BCUT2D eigenvalue weighted by atomic mass is 9.72. The maximum atomic E-state index is 13.6.